The molecular formula is C24H37N5O3. The van der Waals surface area contributed by atoms with Gasteiger partial charge in [0, 0.05) is 65.4 Å². The van der Waals surface area contributed by atoms with Crippen LogP contribution in [0, 0.1) is 0 Å². The zero-order chi connectivity index (χ0) is 22.2. The van der Waals surface area contributed by atoms with Crippen molar-refractivity contribution < 1.29 is 14.3 Å². The highest BCUT2D eigenvalue weighted by Crippen LogP contribution is 2.13. The topological polar surface area (TPSA) is 68.4 Å². The largest absolute Gasteiger partial charge is 0.379 e. The summed E-state index contributed by atoms with van der Waals surface area (Å²) in [5.74, 6) is 0.317. The lowest BCUT2D eigenvalue weighted by Gasteiger charge is -2.34. The minimum absolute atomic E-state index is 0.0627. The van der Waals surface area contributed by atoms with Crippen LogP contribution in [-0.4, -0.2) is 110 Å². The molecule has 1 aromatic rings. The molecule has 8 heteroatoms. The van der Waals surface area contributed by atoms with Gasteiger partial charge in [0.25, 0.3) is 0 Å². The van der Waals surface area contributed by atoms with Gasteiger partial charge in [-0.05, 0) is 24.0 Å². The predicted molar refractivity (Wildman–Crippen MR) is 123 cm³/mol. The first-order valence-electron chi connectivity index (χ1n) is 12.0. The summed E-state index contributed by atoms with van der Waals surface area (Å²) in [6.45, 7) is 11.0. The second-order valence-corrected chi connectivity index (χ2v) is 9.07. The Hall–Kier alpha value is -2.00. The number of carbonyl (C=O) groups excluding carboxylic acids is 2. The van der Waals surface area contributed by atoms with Crippen molar-refractivity contribution in [3.8, 4) is 0 Å². The van der Waals surface area contributed by atoms with Gasteiger partial charge in [0.05, 0.1) is 26.3 Å². The minimum atomic E-state index is 0.0627. The number of carbonyl (C=O) groups is 2. The predicted octanol–water partition coefficient (Wildman–Crippen LogP) is 0.375. The molecule has 0 radical (unpaired) electrons. The van der Waals surface area contributed by atoms with E-state index in [0.717, 1.165) is 85.0 Å². The Morgan fingerprint density at radius 3 is 2.09 bits per heavy atom. The average molecular weight is 444 g/mol. The third-order valence-corrected chi connectivity index (χ3v) is 6.74. The van der Waals surface area contributed by atoms with E-state index < -0.39 is 0 Å². The molecule has 0 aliphatic carbocycles. The Balaban J connectivity index is 1.17. The third-order valence-electron chi connectivity index (χ3n) is 6.74. The fraction of sp³-hybridized carbons (Fsp3) is 0.667. The van der Waals surface area contributed by atoms with E-state index in [1.165, 1.54) is 11.1 Å². The summed E-state index contributed by atoms with van der Waals surface area (Å²) in [5, 5.41) is 3.11. The first-order valence-corrected chi connectivity index (χ1v) is 12.0. The third kappa shape index (κ3) is 6.75. The summed E-state index contributed by atoms with van der Waals surface area (Å²) < 4.78 is 5.44. The van der Waals surface area contributed by atoms with Gasteiger partial charge in [0.1, 0.15) is 0 Å². The number of morpholine rings is 1. The summed E-state index contributed by atoms with van der Waals surface area (Å²) in [6.07, 6.45) is 2.26. The Morgan fingerprint density at radius 1 is 0.781 bits per heavy atom. The summed E-state index contributed by atoms with van der Waals surface area (Å²) in [4.78, 5) is 33.7. The quantitative estimate of drug-likeness (QED) is 0.627. The van der Waals surface area contributed by atoms with Crippen molar-refractivity contribution in [1.82, 2.24) is 24.9 Å². The molecule has 1 aromatic carbocycles. The molecule has 176 valence electrons. The van der Waals surface area contributed by atoms with Crippen LogP contribution >= 0.6 is 0 Å². The highest BCUT2D eigenvalue weighted by atomic mass is 16.5. The van der Waals surface area contributed by atoms with Gasteiger partial charge >= 0.3 is 0 Å². The summed E-state index contributed by atoms with van der Waals surface area (Å²) in [5.41, 5.74) is 2.45. The van der Waals surface area contributed by atoms with E-state index >= 15 is 0 Å². The first-order chi connectivity index (χ1) is 15.7. The van der Waals surface area contributed by atoms with Gasteiger partial charge in [0.15, 0.2) is 0 Å². The van der Waals surface area contributed by atoms with Gasteiger partial charge in [-0.15, -0.1) is 0 Å². The molecule has 0 spiro atoms. The highest BCUT2D eigenvalue weighted by molar-refractivity contribution is 5.79. The molecule has 0 bridgehead atoms. The molecule has 3 aliphatic rings. The number of hydrogen-bond acceptors (Lipinski definition) is 6. The van der Waals surface area contributed by atoms with Gasteiger partial charge in [-0.2, -0.15) is 0 Å². The maximum Gasteiger partial charge on any atom is 0.236 e. The molecule has 0 unspecified atom stereocenters. The Morgan fingerprint density at radius 2 is 1.41 bits per heavy atom. The van der Waals surface area contributed by atoms with E-state index in [4.69, 9.17) is 4.74 Å². The zero-order valence-corrected chi connectivity index (χ0v) is 19.1. The Bertz CT molecular complexity index is 754. The summed E-state index contributed by atoms with van der Waals surface area (Å²) in [6, 6.07) is 8.36. The first kappa shape index (κ1) is 23.2. The number of nitrogens with one attached hydrogen (secondary N) is 1. The highest BCUT2D eigenvalue weighted by Gasteiger charge is 2.24. The average Bonchev–Trinajstić information content (AvgIpc) is 3.36. The molecule has 3 aliphatic heterocycles. The maximum absolute atomic E-state index is 12.6. The normalized spacial score (nSPS) is 21.1. The Kier molecular flexibility index (Phi) is 8.50. The molecule has 3 heterocycles. The van der Waals surface area contributed by atoms with Gasteiger partial charge in [-0.3, -0.25) is 24.3 Å². The van der Waals surface area contributed by atoms with E-state index in [0.29, 0.717) is 19.6 Å². The molecule has 3 fully saturated rings. The molecule has 0 aromatic heterocycles. The summed E-state index contributed by atoms with van der Waals surface area (Å²) >= 11 is 0. The lowest BCUT2D eigenvalue weighted by atomic mass is 10.1. The van der Waals surface area contributed by atoms with Crippen LogP contribution < -0.4 is 5.32 Å². The van der Waals surface area contributed by atoms with E-state index in [1.807, 2.05) is 11.0 Å². The van der Waals surface area contributed by atoms with Gasteiger partial charge < -0.3 is 15.0 Å². The number of ether oxygens (including phenoxy) is 1. The molecule has 0 atom stereocenters. The molecule has 2 amide bonds. The molecule has 0 saturated carbocycles. The molecule has 3 saturated heterocycles. The second kappa shape index (κ2) is 11.7. The summed E-state index contributed by atoms with van der Waals surface area (Å²) in [7, 11) is 0. The lowest BCUT2D eigenvalue weighted by molar-refractivity contribution is -0.132. The standard InChI is InChI=1S/C24H37N5O3/c30-23(19-26-9-11-27(12-10-26)20-24(31)29-7-3-4-8-29)25-17-21-5-1-2-6-22(21)18-28-13-15-32-16-14-28/h1-2,5-6H,3-4,7-20H2,(H,25,30). The number of rotatable bonds is 8. The molecule has 8 nitrogen and oxygen atoms in total. The molecule has 4 rings (SSSR count). The second-order valence-electron chi connectivity index (χ2n) is 9.07. The van der Waals surface area contributed by atoms with Gasteiger partial charge in [-0.1, -0.05) is 24.3 Å². The van der Waals surface area contributed by atoms with Crippen molar-refractivity contribution in [3.63, 3.8) is 0 Å². The van der Waals surface area contributed by atoms with Crippen LogP contribution in [0.5, 0.6) is 0 Å². The van der Waals surface area contributed by atoms with Crippen LogP contribution in [0.25, 0.3) is 0 Å². The SMILES string of the molecule is O=C(CN1CCN(CC(=O)N2CCCC2)CC1)NCc1ccccc1CN1CCOCC1. The number of likely N-dealkylation sites (tertiary alicyclic amines) is 1. The van der Waals surface area contributed by atoms with E-state index in [2.05, 4.69) is 38.2 Å². The van der Waals surface area contributed by atoms with Gasteiger partial charge in [0.2, 0.25) is 11.8 Å². The fourth-order valence-electron chi connectivity index (χ4n) is 4.70. The maximum atomic E-state index is 12.6. The van der Waals surface area contributed by atoms with Crippen LogP contribution in [0.15, 0.2) is 24.3 Å². The lowest BCUT2D eigenvalue weighted by Crippen LogP contribution is -2.51. The van der Waals surface area contributed by atoms with Crippen LogP contribution in [0.1, 0.15) is 24.0 Å². The fourth-order valence-corrected chi connectivity index (χ4v) is 4.70. The van der Waals surface area contributed by atoms with Crippen molar-refractivity contribution in [2.75, 3.05) is 78.7 Å². The number of benzene rings is 1. The molecular weight excluding hydrogens is 406 g/mol. The van der Waals surface area contributed by atoms with E-state index in [9.17, 15) is 9.59 Å². The smallest absolute Gasteiger partial charge is 0.236 e. The van der Waals surface area contributed by atoms with Crippen LogP contribution in [0.4, 0.5) is 0 Å². The van der Waals surface area contributed by atoms with Crippen molar-refractivity contribution in [2.45, 2.75) is 25.9 Å². The van der Waals surface area contributed by atoms with Crippen molar-refractivity contribution >= 4 is 11.8 Å². The van der Waals surface area contributed by atoms with E-state index in [1.54, 1.807) is 0 Å². The van der Waals surface area contributed by atoms with Crippen molar-refractivity contribution in [1.29, 1.82) is 0 Å². The number of piperazine rings is 1. The van der Waals surface area contributed by atoms with Crippen LogP contribution in [-0.2, 0) is 27.4 Å². The molecule has 1 N–H and O–H groups in total. The number of hydrogen-bond donors (Lipinski definition) is 1. The monoisotopic (exact) mass is 443 g/mol. The molecule has 32 heavy (non-hydrogen) atoms. The Labute approximate surface area is 191 Å². The van der Waals surface area contributed by atoms with E-state index in [-0.39, 0.29) is 11.8 Å². The number of nitrogens with zero attached hydrogens (tertiary/aromatic N) is 4. The van der Waals surface area contributed by atoms with Crippen molar-refractivity contribution in [3.05, 3.63) is 35.4 Å². The van der Waals surface area contributed by atoms with Crippen LogP contribution in [0.2, 0.25) is 0 Å². The van der Waals surface area contributed by atoms with Crippen LogP contribution in [0.3, 0.4) is 0 Å². The minimum Gasteiger partial charge on any atom is -0.379 e. The van der Waals surface area contributed by atoms with Crippen molar-refractivity contribution in [2.24, 2.45) is 0 Å². The number of amides is 2. The zero-order valence-electron chi connectivity index (χ0n) is 19.1. The van der Waals surface area contributed by atoms with Gasteiger partial charge in [-0.25, -0.2) is 0 Å².